The van der Waals surface area contributed by atoms with Gasteiger partial charge in [-0.05, 0) is 112 Å². The van der Waals surface area contributed by atoms with E-state index in [2.05, 4.69) is 59.6 Å². The summed E-state index contributed by atoms with van der Waals surface area (Å²) in [6, 6.07) is 13.0. The highest BCUT2D eigenvalue weighted by Gasteiger charge is 2.56. The van der Waals surface area contributed by atoms with Gasteiger partial charge in [0.05, 0.1) is 32.8 Å². The van der Waals surface area contributed by atoms with Crippen LogP contribution in [0.5, 0.6) is 0 Å². The SMILES string of the molecule is CN[C@@H](C)C(=S)N[C@H]1CCS[C@H]2CC(C)(C)[C@@H](C(=O)Nc3ccccc3CCc3ccccc3NC(=O)[C@H]3N4C(=O)[C@@H](NC(=S)[C@H](C)NC)CCS[C@H]4CC3(C)C)N2C1=O. The van der Waals surface area contributed by atoms with Crippen LogP contribution in [0.25, 0.3) is 0 Å². The molecule has 4 amide bonds. The van der Waals surface area contributed by atoms with Crippen LogP contribution in [-0.4, -0.2) is 116 Å². The van der Waals surface area contributed by atoms with E-state index in [0.717, 1.165) is 22.6 Å². The molecule has 0 spiro atoms. The molecule has 0 saturated carbocycles. The second-order valence-corrected chi connectivity index (χ2v) is 21.3. The van der Waals surface area contributed by atoms with Crippen molar-refractivity contribution in [1.82, 2.24) is 31.1 Å². The van der Waals surface area contributed by atoms with Crippen LogP contribution in [-0.2, 0) is 32.0 Å². The van der Waals surface area contributed by atoms with E-state index in [4.69, 9.17) is 24.4 Å². The van der Waals surface area contributed by atoms with E-state index in [0.29, 0.717) is 59.9 Å². The number of para-hydroxylation sites is 2. The molecule has 0 bridgehead atoms. The molecule has 326 valence electrons. The van der Waals surface area contributed by atoms with Gasteiger partial charge < -0.3 is 41.7 Å². The molecule has 0 radical (unpaired) electrons. The van der Waals surface area contributed by atoms with Gasteiger partial charge in [0.2, 0.25) is 23.6 Å². The first-order valence-electron chi connectivity index (χ1n) is 21.1. The number of anilines is 2. The number of carbonyl (C=O) groups excluding carboxylic acids is 4. The fourth-order valence-corrected chi connectivity index (χ4v) is 12.6. The maximum Gasteiger partial charge on any atom is 0.247 e. The van der Waals surface area contributed by atoms with Crippen LogP contribution >= 0.6 is 48.0 Å². The Morgan fingerprint density at radius 3 is 1.42 bits per heavy atom. The van der Waals surface area contributed by atoms with Gasteiger partial charge in [0.15, 0.2) is 0 Å². The van der Waals surface area contributed by atoms with Gasteiger partial charge in [0.1, 0.15) is 24.2 Å². The van der Waals surface area contributed by atoms with Gasteiger partial charge in [-0.15, -0.1) is 23.5 Å². The fraction of sp³-hybridized carbons (Fsp3) is 0.591. The Hall–Kier alpha value is -3.28. The van der Waals surface area contributed by atoms with E-state index in [1.54, 1.807) is 33.3 Å². The molecular weight excluding hydrogens is 833 g/mol. The Kier molecular flexibility index (Phi) is 15.0. The minimum Gasteiger partial charge on any atom is -0.367 e. The second-order valence-electron chi connectivity index (χ2n) is 17.8. The van der Waals surface area contributed by atoms with Crippen molar-refractivity contribution >= 4 is 92.9 Å². The average molecular weight is 895 g/mol. The summed E-state index contributed by atoms with van der Waals surface area (Å²) < 4.78 is 0. The lowest BCUT2D eigenvalue weighted by Gasteiger charge is -2.34. The summed E-state index contributed by atoms with van der Waals surface area (Å²) in [5.41, 5.74) is 2.36. The summed E-state index contributed by atoms with van der Waals surface area (Å²) in [5.74, 6) is 0.964. The molecule has 4 heterocycles. The fourth-order valence-electron chi connectivity index (χ4n) is 8.95. The number of nitrogens with one attached hydrogen (secondary N) is 6. The lowest BCUT2D eigenvalue weighted by molar-refractivity contribution is -0.140. The smallest absolute Gasteiger partial charge is 0.247 e. The number of aryl methyl sites for hydroxylation is 2. The molecule has 4 saturated heterocycles. The van der Waals surface area contributed by atoms with Crippen LogP contribution in [0.15, 0.2) is 48.5 Å². The number of hydrogen-bond donors (Lipinski definition) is 6. The van der Waals surface area contributed by atoms with Crippen molar-refractivity contribution in [2.75, 3.05) is 36.2 Å². The molecule has 8 atom stereocenters. The third-order valence-corrected chi connectivity index (χ3v) is 16.0. The molecule has 60 heavy (non-hydrogen) atoms. The molecule has 4 aliphatic rings. The predicted octanol–water partition coefficient (Wildman–Crippen LogP) is 5.32. The van der Waals surface area contributed by atoms with Crippen molar-refractivity contribution in [2.45, 2.75) is 127 Å². The first-order chi connectivity index (χ1) is 28.5. The number of fused-ring (bicyclic) bond motifs is 2. The molecule has 2 aromatic carbocycles. The van der Waals surface area contributed by atoms with E-state index in [1.165, 1.54) is 0 Å². The van der Waals surface area contributed by atoms with Crippen molar-refractivity contribution in [1.29, 1.82) is 0 Å². The van der Waals surface area contributed by atoms with Crippen molar-refractivity contribution in [3.05, 3.63) is 59.7 Å². The Bertz CT molecular complexity index is 1830. The van der Waals surface area contributed by atoms with Gasteiger partial charge in [-0.3, -0.25) is 19.2 Å². The minimum absolute atomic E-state index is 0.0851. The molecule has 16 heteroatoms. The van der Waals surface area contributed by atoms with Crippen molar-refractivity contribution in [3.63, 3.8) is 0 Å². The number of likely N-dealkylation sites (N-methyl/N-ethyl adjacent to an activating group) is 2. The van der Waals surface area contributed by atoms with Gasteiger partial charge >= 0.3 is 0 Å². The largest absolute Gasteiger partial charge is 0.367 e. The zero-order valence-electron chi connectivity index (χ0n) is 36.1. The third-order valence-electron chi connectivity index (χ3n) is 12.6. The van der Waals surface area contributed by atoms with Gasteiger partial charge in [0, 0.05) is 11.4 Å². The second kappa shape index (κ2) is 19.4. The van der Waals surface area contributed by atoms with E-state index < -0.39 is 35.0 Å². The molecule has 0 aromatic heterocycles. The summed E-state index contributed by atoms with van der Waals surface area (Å²) in [5, 5.41) is 19.1. The lowest BCUT2D eigenvalue weighted by Crippen LogP contribution is -2.56. The number of thioether (sulfide) groups is 2. The van der Waals surface area contributed by atoms with Crippen molar-refractivity contribution in [2.24, 2.45) is 10.8 Å². The topological polar surface area (TPSA) is 147 Å². The number of nitrogens with zero attached hydrogens (tertiary/aromatic N) is 2. The van der Waals surface area contributed by atoms with E-state index >= 15 is 0 Å². The first kappa shape index (κ1) is 46.2. The Balaban J connectivity index is 1.16. The number of carbonyl (C=O) groups is 4. The number of thiocarbonyl (C=S) groups is 2. The van der Waals surface area contributed by atoms with Crippen LogP contribution in [0.3, 0.4) is 0 Å². The normalized spacial score (nSPS) is 26.8. The highest BCUT2D eigenvalue weighted by Crippen LogP contribution is 2.48. The monoisotopic (exact) mass is 894 g/mol. The van der Waals surface area contributed by atoms with Gasteiger partial charge in [-0.2, -0.15) is 0 Å². The summed E-state index contributed by atoms with van der Waals surface area (Å²) in [6.07, 6.45) is 3.85. The molecule has 0 aliphatic carbocycles. The van der Waals surface area contributed by atoms with Gasteiger partial charge in [0.25, 0.3) is 0 Å². The molecule has 6 rings (SSSR count). The summed E-state index contributed by atoms with van der Waals surface area (Å²) in [6.45, 7) is 12.2. The standard InChI is InChI=1S/C44H62N8O4S4/c1-25(45-7)39(57)49-31-19-21-59-33-23-43(3,4)35(51(33)41(31)55)37(53)47-29-15-11-9-13-27(29)17-18-28-14-10-12-16-30(28)48-38(54)36-44(5,6)24-34-52(36)42(56)32(20-22-60-34)50-40(58)26(2)46-8/h9-16,25-26,31-36,45-46H,17-24H2,1-8H3,(H,47,53)(H,48,54)(H,49,57)(H,50,58)/t25-,26-,31-,32-,33-,34-,35+,36+/m0/s1. The van der Waals surface area contributed by atoms with Gasteiger partial charge in [-0.1, -0.05) is 88.5 Å². The zero-order valence-corrected chi connectivity index (χ0v) is 39.3. The maximum atomic E-state index is 14.4. The zero-order chi connectivity index (χ0) is 43.5. The van der Waals surface area contributed by atoms with Crippen LogP contribution in [0.2, 0.25) is 0 Å². The summed E-state index contributed by atoms with van der Waals surface area (Å²) in [7, 11) is 3.67. The maximum absolute atomic E-state index is 14.4. The van der Waals surface area contributed by atoms with E-state index in [9.17, 15) is 19.2 Å². The average Bonchev–Trinajstić information content (AvgIpc) is 3.53. The first-order valence-corrected chi connectivity index (χ1v) is 24.0. The van der Waals surface area contributed by atoms with Crippen LogP contribution in [0.4, 0.5) is 11.4 Å². The molecule has 0 unspecified atom stereocenters. The molecule has 4 aliphatic heterocycles. The Morgan fingerprint density at radius 2 is 1.05 bits per heavy atom. The molecule has 6 N–H and O–H groups in total. The molecular formula is C44H62N8O4S4. The van der Waals surface area contributed by atoms with Crippen LogP contribution < -0.4 is 31.9 Å². The Morgan fingerprint density at radius 1 is 0.683 bits per heavy atom. The molecule has 12 nitrogen and oxygen atoms in total. The summed E-state index contributed by atoms with van der Waals surface area (Å²) >= 11 is 14.7. The number of rotatable bonds is 13. The Labute approximate surface area is 375 Å². The number of amides is 4. The highest BCUT2D eigenvalue weighted by molar-refractivity contribution is 8.00. The van der Waals surface area contributed by atoms with E-state index in [1.807, 2.05) is 76.5 Å². The molecule has 2 aromatic rings. The summed E-state index contributed by atoms with van der Waals surface area (Å²) in [4.78, 5) is 62.0. The quantitative estimate of drug-likeness (QED) is 0.145. The minimum atomic E-state index is -0.669. The predicted molar refractivity (Wildman–Crippen MR) is 253 cm³/mol. The highest BCUT2D eigenvalue weighted by atomic mass is 32.2. The van der Waals surface area contributed by atoms with E-state index in [-0.39, 0.29) is 46.5 Å². The molecule has 4 fully saturated rings. The van der Waals surface area contributed by atoms with Crippen LogP contribution in [0.1, 0.15) is 78.4 Å². The van der Waals surface area contributed by atoms with Crippen LogP contribution in [0, 0.1) is 10.8 Å². The third kappa shape index (κ3) is 9.99. The lowest BCUT2D eigenvalue weighted by atomic mass is 9.84. The number of hydrogen-bond acceptors (Lipinski definition) is 10. The van der Waals surface area contributed by atoms with Gasteiger partial charge in [-0.25, -0.2) is 0 Å². The number of benzene rings is 2. The van der Waals surface area contributed by atoms with Crippen molar-refractivity contribution < 1.29 is 19.2 Å². The van der Waals surface area contributed by atoms with Crippen molar-refractivity contribution in [3.8, 4) is 0 Å².